The minimum atomic E-state index is -0.504. The summed E-state index contributed by atoms with van der Waals surface area (Å²) in [7, 11) is 0. The highest BCUT2D eigenvalue weighted by Crippen LogP contribution is 2.42. The highest BCUT2D eigenvalue weighted by molar-refractivity contribution is 6.32. The first-order valence-corrected chi connectivity index (χ1v) is 9.21. The van der Waals surface area contributed by atoms with Gasteiger partial charge in [-0.05, 0) is 36.3 Å². The van der Waals surface area contributed by atoms with Crippen molar-refractivity contribution in [1.29, 1.82) is 0 Å². The SMILES string of the molecule is CC(C)CN1COc2ccc3c(c2C1)O/C(=C\c1c(F)cccc1Cl)C3=O. The molecule has 0 radical (unpaired) electrons. The Hall–Kier alpha value is -2.37. The Morgan fingerprint density at radius 2 is 2.11 bits per heavy atom. The largest absolute Gasteiger partial charge is 0.478 e. The van der Waals surface area contributed by atoms with Crippen LogP contribution >= 0.6 is 11.6 Å². The molecular formula is C21H19ClFNO3. The summed E-state index contributed by atoms with van der Waals surface area (Å²) in [6.07, 6.45) is 1.36. The zero-order valence-corrected chi connectivity index (χ0v) is 15.8. The third-order valence-corrected chi connectivity index (χ3v) is 4.91. The van der Waals surface area contributed by atoms with Crippen molar-refractivity contribution in [3.05, 3.63) is 63.6 Å². The van der Waals surface area contributed by atoms with Gasteiger partial charge in [-0.3, -0.25) is 9.69 Å². The Morgan fingerprint density at radius 3 is 2.85 bits per heavy atom. The molecule has 0 saturated heterocycles. The second-order valence-electron chi connectivity index (χ2n) is 7.17. The smallest absolute Gasteiger partial charge is 0.231 e. The monoisotopic (exact) mass is 387 g/mol. The highest BCUT2D eigenvalue weighted by atomic mass is 35.5. The molecule has 2 aliphatic heterocycles. The van der Waals surface area contributed by atoms with E-state index in [1.165, 1.54) is 18.2 Å². The number of ketones is 1. The predicted octanol–water partition coefficient (Wildman–Crippen LogP) is 4.90. The van der Waals surface area contributed by atoms with Gasteiger partial charge in [0.15, 0.2) is 5.76 Å². The lowest BCUT2D eigenvalue weighted by Crippen LogP contribution is -2.34. The number of benzene rings is 2. The molecule has 0 aromatic heterocycles. The average Bonchev–Trinajstić information content (AvgIpc) is 2.94. The van der Waals surface area contributed by atoms with Crippen molar-refractivity contribution >= 4 is 23.5 Å². The molecule has 2 aliphatic rings. The summed E-state index contributed by atoms with van der Waals surface area (Å²) in [5, 5.41) is 0.225. The van der Waals surface area contributed by atoms with Gasteiger partial charge in [-0.15, -0.1) is 0 Å². The Bertz CT molecular complexity index is 934. The topological polar surface area (TPSA) is 38.8 Å². The Balaban J connectivity index is 1.70. The number of allylic oxidation sites excluding steroid dienone is 1. The molecule has 27 heavy (non-hydrogen) atoms. The van der Waals surface area contributed by atoms with E-state index in [1.807, 2.05) is 0 Å². The molecule has 0 bridgehead atoms. The number of rotatable bonds is 3. The number of hydrogen-bond donors (Lipinski definition) is 0. The summed E-state index contributed by atoms with van der Waals surface area (Å²) < 4.78 is 25.8. The fraction of sp³-hybridized carbons (Fsp3) is 0.286. The van der Waals surface area contributed by atoms with E-state index in [2.05, 4.69) is 18.7 Å². The van der Waals surface area contributed by atoms with Crippen LogP contribution in [0.1, 0.15) is 35.3 Å². The van der Waals surface area contributed by atoms with Crippen LogP contribution in [-0.2, 0) is 6.54 Å². The van der Waals surface area contributed by atoms with Crippen molar-refractivity contribution in [1.82, 2.24) is 4.90 Å². The van der Waals surface area contributed by atoms with E-state index in [1.54, 1.807) is 18.2 Å². The quantitative estimate of drug-likeness (QED) is 0.702. The van der Waals surface area contributed by atoms with Crippen LogP contribution in [0.15, 0.2) is 36.1 Å². The van der Waals surface area contributed by atoms with E-state index >= 15 is 0 Å². The van der Waals surface area contributed by atoms with Gasteiger partial charge in [0, 0.05) is 18.7 Å². The van der Waals surface area contributed by atoms with Crippen LogP contribution in [0.25, 0.3) is 6.08 Å². The zero-order chi connectivity index (χ0) is 19.1. The lowest BCUT2D eigenvalue weighted by atomic mass is 10.0. The van der Waals surface area contributed by atoms with Crippen LogP contribution < -0.4 is 9.47 Å². The minimum absolute atomic E-state index is 0.0615. The van der Waals surface area contributed by atoms with Crippen LogP contribution in [0.2, 0.25) is 5.02 Å². The van der Waals surface area contributed by atoms with Crippen LogP contribution in [0.5, 0.6) is 11.5 Å². The van der Waals surface area contributed by atoms with Crippen LogP contribution in [0.4, 0.5) is 4.39 Å². The maximum absolute atomic E-state index is 14.1. The lowest BCUT2D eigenvalue weighted by molar-refractivity contribution is 0.0832. The molecule has 2 aromatic carbocycles. The average molecular weight is 388 g/mol. The minimum Gasteiger partial charge on any atom is -0.478 e. The van der Waals surface area contributed by atoms with E-state index in [4.69, 9.17) is 21.1 Å². The third kappa shape index (κ3) is 3.33. The van der Waals surface area contributed by atoms with Gasteiger partial charge in [0.1, 0.15) is 24.0 Å². The van der Waals surface area contributed by atoms with Gasteiger partial charge in [-0.2, -0.15) is 0 Å². The highest BCUT2D eigenvalue weighted by Gasteiger charge is 2.34. The predicted molar refractivity (Wildman–Crippen MR) is 102 cm³/mol. The molecule has 0 amide bonds. The number of carbonyl (C=O) groups excluding carboxylic acids is 1. The normalized spacial score (nSPS) is 17.7. The Labute approximate surface area is 162 Å². The van der Waals surface area contributed by atoms with Gasteiger partial charge in [0.2, 0.25) is 5.78 Å². The molecule has 6 heteroatoms. The first-order valence-electron chi connectivity index (χ1n) is 8.83. The summed E-state index contributed by atoms with van der Waals surface area (Å²) in [4.78, 5) is 14.9. The van der Waals surface area contributed by atoms with Crippen molar-refractivity contribution in [3.8, 4) is 11.5 Å². The molecule has 0 N–H and O–H groups in total. The van der Waals surface area contributed by atoms with E-state index in [0.717, 1.165) is 12.1 Å². The first kappa shape index (κ1) is 18.0. The molecule has 0 spiro atoms. The number of carbonyl (C=O) groups is 1. The van der Waals surface area contributed by atoms with Gasteiger partial charge in [-0.25, -0.2) is 4.39 Å². The molecule has 4 nitrogen and oxygen atoms in total. The number of Topliss-reactive ketones (excluding diaryl/α,β-unsaturated/α-hetero) is 1. The number of fused-ring (bicyclic) bond motifs is 3. The summed E-state index contributed by atoms with van der Waals surface area (Å²) in [6.45, 7) is 6.31. The summed E-state index contributed by atoms with van der Waals surface area (Å²) in [5.41, 5.74) is 1.44. The molecule has 0 unspecified atom stereocenters. The van der Waals surface area contributed by atoms with Crippen molar-refractivity contribution in [2.45, 2.75) is 20.4 Å². The third-order valence-electron chi connectivity index (χ3n) is 4.58. The van der Waals surface area contributed by atoms with Gasteiger partial charge in [0.25, 0.3) is 0 Å². The zero-order valence-electron chi connectivity index (χ0n) is 15.1. The molecule has 0 fully saturated rings. The van der Waals surface area contributed by atoms with Gasteiger partial charge >= 0.3 is 0 Å². The lowest BCUT2D eigenvalue weighted by Gasteiger charge is -2.30. The molecule has 2 heterocycles. The molecule has 0 atom stereocenters. The van der Waals surface area contributed by atoms with Crippen LogP contribution in [0, 0.1) is 11.7 Å². The van der Waals surface area contributed by atoms with Gasteiger partial charge in [0.05, 0.1) is 16.1 Å². The fourth-order valence-electron chi connectivity index (χ4n) is 3.42. The maximum atomic E-state index is 14.1. The van der Waals surface area contributed by atoms with E-state index in [9.17, 15) is 9.18 Å². The number of nitrogens with zero attached hydrogens (tertiary/aromatic N) is 1. The Morgan fingerprint density at radius 1 is 1.30 bits per heavy atom. The van der Waals surface area contributed by atoms with E-state index in [0.29, 0.717) is 36.3 Å². The maximum Gasteiger partial charge on any atom is 0.231 e. The van der Waals surface area contributed by atoms with Crippen molar-refractivity contribution in [2.75, 3.05) is 13.3 Å². The number of hydrogen-bond acceptors (Lipinski definition) is 4. The summed E-state index contributed by atoms with van der Waals surface area (Å²) >= 11 is 6.07. The van der Waals surface area contributed by atoms with Crippen molar-refractivity contribution < 1.29 is 18.7 Å². The number of ether oxygens (including phenoxy) is 2. The summed E-state index contributed by atoms with van der Waals surface area (Å²) in [5.74, 6) is 0.972. The van der Waals surface area contributed by atoms with E-state index in [-0.39, 0.29) is 22.1 Å². The van der Waals surface area contributed by atoms with Crippen molar-refractivity contribution in [2.24, 2.45) is 5.92 Å². The van der Waals surface area contributed by atoms with Gasteiger partial charge < -0.3 is 9.47 Å². The molecule has 0 aliphatic carbocycles. The first-order chi connectivity index (χ1) is 12.9. The second kappa shape index (κ2) is 6.98. The van der Waals surface area contributed by atoms with Crippen LogP contribution in [-0.4, -0.2) is 24.0 Å². The van der Waals surface area contributed by atoms with E-state index < -0.39 is 5.82 Å². The summed E-state index contributed by atoms with van der Waals surface area (Å²) in [6, 6.07) is 7.87. The second-order valence-corrected chi connectivity index (χ2v) is 7.58. The van der Waals surface area contributed by atoms with Gasteiger partial charge in [-0.1, -0.05) is 31.5 Å². The standard InChI is InChI=1S/C21H19ClFNO3/c1-12(2)9-24-10-15-18(26-11-24)7-6-13-20(25)19(27-21(13)15)8-14-16(22)4-3-5-17(14)23/h3-8,12H,9-11H2,1-2H3/b19-8-. The molecule has 2 aromatic rings. The fourth-order valence-corrected chi connectivity index (χ4v) is 3.64. The molecular weight excluding hydrogens is 369 g/mol. The molecule has 4 rings (SSSR count). The molecule has 0 saturated carbocycles. The Kier molecular flexibility index (Phi) is 4.66. The van der Waals surface area contributed by atoms with Crippen molar-refractivity contribution in [3.63, 3.8) is 0 Å². The van der Waals surface area contributed by atoms with Crippen LogP contribution in [0.3, 0.4) is 0 Å². The number of halogens is 2. The molecule has 140 valence electrons.